The maximum absolute atomic E-state index is 9.93. The summed E-state index contributed by atoms with van der Waals surface area (Å²) in [7, 11) is -3.34. The summed E-state index contributed by atoms with van der Waals surface area (Å²) in [5.41, 5.74) is 0. The molecular weight excluding hydrogens is 360 g/mol. The van der Waals surface area contributed by atoms with E-state index in [-0.39, 0.29) is 65.3 Å². The van der Waals surface area contributed by atoms with Crippen molar-refractivity contribution in [2.75, 3.05) is 6.61 Å². The molecule has 0 aliphatic heterocycles. The maximum atomic E-state index is 9.93. The van der Waals surface area contributed by atoms with E-state index in [1.165, 1.54) is 0 Å². The summed E-state index contributed by atoms with van der Waals surface area (Å²) in [6.07, 6.45) is 0. The van der Waals surface area contributed by atoms with E-state index >= 15 is 0 Å². The van der Waals surface area contributed by atoms with Gasteiger partial charge in [0.15, 0.2) is 0 Å². The number of hydrogen-bond donors (Lipinski definition) is 1. The van der Waals surface area contributed by atoms with Crippen LogP contribution in [0.1, 0.15) is 8.35 Å². The molecule has 7 heteroatoms. The zero-order chi connectivity index (χ0) is 5.91. The summed E-state index contributed by atoms with van der Waals surface area (Å²) < 4.78 is 22.2. The molecule has 0 aliphatic rings. The van der Waals surface area contributed by atoms with Crippen LogP contribution in [0.15, 0.2) is 0 Å². The second-order valence-electron chi connectivity index (χ2n) is 0.834. The van der Waals surface area contributed by atoms with Gasteiger partial charge in [0.1, 0.15) is 0 Å². The Hall–Kier alpha value is 2.23. The van der Waals surface area contributed by atoms with E-state index in [4.69, 9.17) is 4.55 Å². The molecule has 0 rings (SSSR count). The van der Waals surface area contributed by atoms with Crippen molar-refractivity contribution >= 4 is 20.2 Å². The Morgan fingerprint density at radius 1 is 1.89 bits per heavy atom. The SMILES string of the molecule is CCOS(=O)(O)=S.[H-].[Hg].[Na+]. The molecule has 0 heterocycles. The average Bonchev–Trinajstić information content (AvgIpc) is 1.30. The molecule has 48 valence electrons. The third kappa shape index (κ3) is 17.9. The fourth-order valence-electron chi connectivity index (χ4n) is 0.149. The van der Waals surface area contributed by atoms with E-state index in [9.17, 15) is 4.21 Å². The van der Waals surface area contributed by atoms with Crippen molar-refractivity contribution in [1.82, 2.24) is 0 Å². The number of rotatable bonds is 2. The van der Waals surface area contributed by atoms with Gasteiger partial charge < -0.3 is 1.43 Å². The largest absolute Gasteiger partial charge is 1.00 e. The van der Waals surface area contributed by atoms with Crippen molar-refractivity contribution in [3.63, 3.8) is 0 Å². The third-order valence-electron chi connectivity index (χ3n) is 0.267. The second-order valence-corrected chi connectivity index (χ2v) is 3.19. The van der Waals surface area contributed by atoms with Gasteiger partial charge in [0.2, 0.25) is 0 Å². The van der Waals surface area contributed by atoms with E-state index in [0.29, 0.717) is 0 Å². The summed E-state index contributed by atoms with van der Waals surface area (Å²) in [5, 5.41) is 0. The minimum absolute atomic E-state index is 0. The minimum atomic E-state index is -3.34. The van der Waals surface area contributed by atoms with Crippen LogP contribution in [0.25, 0.3) is 0 Å². The standard InChI is InChI=1S/C2H6O3S2.Hg.Na.H/c1-2-5-7(3,4)6;;;/h2H2,1H3,(H,3,4,6);;;/q;;+1;-1. The first-order valence-electron chi connectivity index (χ1n) is 1.68. The fraction of sp³-hybridized carbons (Fsp3) is 1.00. The van der Waals surface area contributed by atoms with Gasteiger partial charge in [0.25, 0.3) is 9.05 Å². The summed E-state index contributed by atoms with van der Waals surface area (Å²) in [4.78, 5) is 0. The second kappa shape index (κ2) is 8.32. The molecule has 0 spiro atoms. The van der Waals surface area contributed by atoms with E-state index in [2.05, 4.69) is 15.4 Å². The Morgan fingerprint density at radius 3 is 2.22 bits per heavy atom. The molecule has 0 saturated carbocycles. The first-order valence-corrected chi connectivity index (χ1v) is 4.04. The van der Waals surface area contributed by atoms with E-state index in [1.54, 1.807) is 6.92 Å². The van der Waals surface area contributed by atoms with Crippen LogP contribution in [-0.4, -0.2) is 15.4 Å². The van der Waals surface area contributed by atoms with Crippen molar-refractivity contribution in [1.29, 1.82) is 0 Å². The summed E-state index contributed by atoms with van der Waals surface area (Å²) in [6.45, 7) is 1.78. The molecule has 0 aliphatic carbocycles. The van der Waals surface area contributed by atoms with Crippen molar-refractivity contribution in [3.05, 3.63) is 0 Å². The van der Waals surface area contributed by atoms with Crippen LogP contribution in [0.5, 0.6) is 0 Å². The molecule has 1 unspecified atom stereocenters. The van der Waals surface area contributed by atoms with Gasteiger partial charge in [-0.25, -0.2) is 0 Å². The molecule has 1 N–H and O–H groups in total. The molecule has 0 bridgehead atoms. The Kier molecular flexibility index (Phi) is 16.0. The Labute approximate surface area is 104 Å². The van der Waals surface area contributed by atoms with Gasteiger partial charge in [-0.2, -0.15) is 4.21 Å². The summed E-state index contributed by atoms with van der Waals surface area (Å²) in [6, 6.07) is 0. The van der Waals surface area contributed by atoms with Crippen LogP contribution >= 0.6 is 0 Å². The van der Waals surface area contributed by atoms with Gasteiger partial charge in [0, 0.05) is 38.9 Å². The van der Waals surface area contributed by atoms with Crippen LogP contribution in [0.4, 0.5) is 0 Å². The number of hydrogen-bond acceptors (Lipinski definition) is 3. The van der Waals surface area contributed by atoms with Crippen LogP contribution < -0.4 is 29.6 Å². The zero-order valence-electron chi connectivity index (χ0n) is 6.49. The smallest absolute Gasteiger partial charge is 1.00 e. The van der Waals surface area contributed by atoms with Gasteiger partial charge in [0.05, 0.1) is 6.61 Å². The predicted molar refractivity (Wildman–Crippen MR) is 30.9 cm³/mol. The normalized spacial score (nSPS) is 14.4. The van der Waals surface area contributed by atoms with Crippen molar-refractivity contribution in [3.8, 4) is 0 Å². The maximum Gasteiger partial charge on any atom is 1.00 e. The predicted octanol–water partition coefficient (Wildman–Crippen LogP) is -2.73. The molecule has 0 amide bonds. The van der Waals surface area contributed by atoms with Gasteiger partial charge in [-0.1, -0.05) is 0 Å². The molecule has 1 atom stereocenters. The van der Waals surface area contributed by atoms with Crippen molar-refractivity contribution in [2.45, 2.75) is 6.92 Å². The van der Waals surface area contributed by atoms with Crippen LogP contribution in [0, 0.1) is 0 Å². The summed E-state index contributed by atoms with van der Waals surface area (Å²) >= 11 is 3.95. The van der Waals surface area contributed by atoms with Crippen LogP contribution in [0.2, 0.25) is 0 Å². The monoisotopic (exact) mass is 368 g/mol. The molecule has 0 aromatic carbocycles. The van der Waals surface area contributed by atoms with E-state index < -0.39 is 9.05 Å². The molecule has 0 fully saturated rings. The van der Waals surface area contributed by atoms with Gasteiger partial charge in [-0.3, -0.25) is 8.74 Å². The molecule has 0 saturated heterocycles. The van der Waals surface area contributed by atoms with E-state index in [1.807, 2.05) is 0 Å². The van der Waals surface area contributed by atoms with E-state index in [0.717, 1.165) is 0 Å². The first-order chi connectivity index (χ1) is 3.06. The van der Waals surface area contributed by atoms with Crippen LogP contribution in [-0.2, 0) is 52.1 Å². The Balaban J connectivity index is -0.0000000600. The Bertz CT molecular complexity index is 137. The molecular formula is C2H7HgNaO3S2. The molecule has 0 radical (unpaired) electrons. The molecule has 3 nitrogen and oxygen atoms in total. The molecule has 0 aromatic heterocycles. The van der Waals surface area contributed by atoms with Crippen LogP contribution in [0.3, 0.4) is 0 Å². The zero-order valence-corrected chi connectivity index (χ0v) is 14.6. The Morgan fingerprint density at radius 2 is 2.22 bits per heavy atom. The average molecular weight is 367 g/mol. The van der Waals surface area contributed by atoms with Crippen molar-refractivity contribution < 1.29 is 71.6 Å². The third-order valence-corrected chi connectivity index (χ3v) is 1.09. The van der Waals surface area contributed by atoms with Gasteiger partial charge in [-0.05, 0) is 6.92 Å². The van der Waals surface area contributed by atoms with Gasteiger partial charge in [-0.15, -0.1) is 0 Å². The minimum Gasteiger partial charge on any atom is -1.00 e. The first kappa shape index (κ1) is 17.3. The topological polar surface area (TPSA) is 46.5 Å². The summed E-state index contributed by atoms with van der Waals surface area (Å²) in [5.74, 6) is 0. The molecule has 0 aromatic rings. The van der Waals surface area contributed by atoms with Crippen molar-refractivity contribution in [2.24, 2.45) is 0 Å². The van der Waals surface area contributed by atoms with Gasteiger partial charge >= 0.3 is 29.6 Å². The fourth-order valence-corrected chi connectivity index (χ4v) is 0.735. The molecule has 9 heavy (non-hydrogen) atoms. The quantitative estimate of drug-likeness (QED) is 0.539.